The van der Waals surface area contributed by atoms with Crippen LogP contribution >= 0.6 is 0 Å². The molecule has 1 atom stereocenters. The Balaban J connectivity index is 2.28. The summed E-state index contributed by atoms with van der Waals surface area (Å²) >= 11 is 0. The number of rotatable bonds is 2. The topological polar surface area (TPSA) is 26.3 Å². The normalized spacial score (nSPS) is 22.6. The molecule has 0 aliphatic heterocycles. The summed E-state index contributed by atoms with van der Waals surface area (Å²) in [6.45, 7) is 7.25. The van der Waals surface area contributed by atoms with Gasteiger partial charge in [0.25, 0.3) is 0 Å². The van der Waals surface area contributed by atoms with Crippen molar-refractivity contribution in [1.29, 1.82) is 0 Å². The third kappa shape index (κ3) is 1.75. The molecule has 0 heterocycles. The average molecular weight is 216 g/mol. The van der Waals surface area contributed by atoms with E-state index in [1.807, 2.05) is 25.1 Å². The highest BCUT2D eigenvalue weighted by molar-refractivity contribution is 5.87. The SMILES string of the molecule is C=C(C)C(=O)OC1(C)CCc2ccccc21. The summed E-state index contributed by atoms with van der Waals surface area (Å²) in [6, 6.07) is 8.13. The van der Waals surface area contributed by atoms with Gasteiger partial charge in [0.2, 0.25) is 0 Å². The zero-order chi connectivity index (χ0) is 11.8. The van der Waals surface area contributed by atoms with Crippen LogP contribution in [0.2, 0.25) is 0 Å². The summed E-state index contributed by atoms with van der Waals surface area (Å²) in [5.41, 5.74) is 2.38. The third-order valence-electron chi connectivity index (χ3n) is 3.12. The van der Waals surface area contributed by atoms with Gasteiger partial charge in [0.05, 0.1) is 0 Å². The number of hydrogen-bond donors (Lipinski definition) is 0. The molecular formula is C14H16O2. The molecule has 0 saturated heterocycles. The zero-order valence-electron chi connectivity index (χ0n) is 9.75. The molecule has 2 heteroatoms. The lowest BCUT2D eigenvalue weighted by atomic mass is 9.98. The molecule has 0 N–H and O–H groups in total. The van der Waals surface area contributed by atoms with Gasteiger partial charge in [-0.2, -0.15) is 0 Å². The van der Waals surface area contributed by atoms with E-state index in [4.69, 9.17) is 4.74 Å². The molecule has 0 bridgehead atoms. The molecule has 0 radical (unpaired) electrons. The van der Waals surface area contributed by atoms with Gasteiger partial charge < -0.3 is 4.74 Å². The molecule has 0 amide bonds. The van der Waals surface area contributed by atoms with E-state index in [1.165, 1.54) is 5.56 Å². The first-order chi connectivity index (χ1) is 7.53. The average Bonchev–Trinajstić information content (AvgIpc) is 2.57. The van der Waals surface area contributed by atoms with Gasteiger partial charge in [0.15, 0.2) is 0 Å². The van der Waals surface area contributed by atoms with Crippen LogP contribution in [-0.2, 0) is 21.6 Å². The maximum absolute atomic E-state index is 11.6. The van der Waals surface area contributed by atoms with E-state index in [1.54, 1.807) is 6.92 Å². The number of benzene rings is 1. The minimum atomic E-state index is -0.480. The van der Waals surface area contributed by atoms with E-state index < -0.39 is 5.60 Å². The molecule has 1 aromatic rings. The lowest BCUT2D eigenvalue weighted by molar-refractivity contribution is -0.154. The first-order valence-corrected chi connectivity index (χ1v) is 5.50. The van der Waals surface area contributed by atoms with E-state index in [-0.39, 0.29) is 5.97 Å². The molecule has 2 rings (SSSR count). The summed E-state index contributed by atoms with van der Waals surface area (Å²) < 4.78 is 5.55. The van der Waals surface area contributed by atoms with Gasteiger partial charge in [-0.1, -0.05) is 30.8 Å². The highest BCUT2D eigenvalue weighted by Crippen LogP contribution is 2.39. The van der Waals surface area contributed by atoms with Crippen LogP contribution in [0.5, 0.6) is 0 Å². The van der Waals surface area contributed by atoms with E-state index in [9.17, 15) is 4.79 Å². The Morgan fingerprint density at radius 3 is 2.81 bits per heavy atom. The minimum Gasteiger partial charge on any atom is -0.451 e. The molecule has 0 spiro atoms. The molecule has 0 fully saturated rings. The van der Waals surface area contributed by atoms with E-state index in [0.29, 0.717) is 5.57 Å². The number of hydrogen-bond acceptors (Lipinski definition) is 2. The van der Waals surface area contributed by atoms with Gasteiger partial charge in [-0.25, -0.2) is 4.79 Å². The number of esters is 1. The quantitative estimate of drug-likeness (QED) is 0.561. The van der Waals surface area contributed by atoms with Crippen molar-refractivity contribution in [1.82, 2.24) is 0 Å². The number of carbonyl (C=O) groups excluding carboxylic acids is 1. The Kier molecular flexibility index (Phi) is 2.58. The summed E-state index contributed by atoms with van der Waals surface area (Å²) in [5.74, 6) is -0.306. The molecule has 1 unspecified atom stereocenters. The first-order valence-electron chi connectivity index (χ1n) is 5.50. The Morgan fingerprint density at radius 2 is 2.12 bits per heavy atom. The van der Waals surface area contributed by atoms with Crippen LogP contribution in [0.3, 0.4) is 0 Å². The molecule has 84 valence electrons. The predicted octanol–water partition coefficient (Wildman–Crippen LogP) is 2.97. The van der Waals surface area contributed by atoms with Crippen molar-refractivity contribution in [2.45, 2.75) is 32.3 Å². The molecular weight excluding hydrogens is 200 g/mol. The van der Waals surface area contributed by atoms with Crippen LogP contribution in [0.4, 0.5) is 0 Å². The van der Waals surface area contributed by atoms with Crippen LogP contribution in [0.15, 0.2) is 36.4 Å². The van der Waals surface area contributed by atoms with Crippen molar-refractivity contribution in [2.75, 3.05) is 0 Å². The van der Waals surface area contributed by atoms with E-state index >= 15 is 0 Å². The van der Waals surface area contributed by atoms with Gasteiger partial charge in [-0.05, 0) is 37.8 Å². The number of ether oxygens (including phenoxy) is 1. The van der Waals surface area contributed by atoms with E-state index in [2.05, 4.69) is 12.6 Å². The van der Waals surface area contributed by atoms with Crippen LogP contribution in [-0.4, -0.2) is 5.97 Å². The molecule has 1 aromatic carbocycles. The van der Waals surface area contributed by atoms with Gasteiger partial charge in [-0.15, -0.1) is 0 Å². The lowest BCUT2D eigenvalue weighted by Crippen LogP contribution is -2.26. The van der Waals surface area contributed by atoms with Crippen molar-refractivity contribution in [2.24, 2.45) is 0 Å². The molecule has 1 aliphatic carbocycles. The largest absolute Gasteiger partial charge is 0.451 e. The van der Waals surface area contributed by atoms with Gasteiger partial charge >= 0.3 is 5.97 Å². The summed E-state index contributed by atoms with van der Waals surface area (Å²) in [7, 11) is 0. The number of aryl methyl sites for hydroxylation is 1. The Bertz CT molecular complexity index is 448. The highest BCUT2D eigenvalue weighted by Gasteiger charge is 2.37. The fourth-order valence-corrected chi connectivity index (χ4v) is 2.16. The zero-order valence-corrected chi connectivity index (χ0v) is 9.75. The van der Waals surface area contributed by atoms with Crippen molar-refractivity contribution >= 4 is 5.97 Å². The Labute approximate surface area is 95.9 Å². The molecule has 2 nitrogen and oxygen atoms in total. The van der Waals surface area contributed by atoms with Crippen LogP contribution in [0, 0.1) is 0 Å². The standard InChI is InChI=1S/C14H16O2/c1-10(2)13(15)16-14(3)9-8-11-6-4-5-7-12(11)14/h4-7H,1,8-9H2,2-3H3. The minimum absolute atomic E-state index is 0.306. The second-order valence-electron chi connectivity index (χ2n) is 4.56. The van der Waals surface area contributed by atoms with Crippen molar-refractivity contribution < 1.29 is 9.53 Å². The monoisotopic (exact) mass is 216 g/mol. The second kappa shape index (κ2) is 3.78. The van der Waals surface area contributed by atoms with Gasteiger partial charge in [0.1, 0.15) is 5.60 Å². The fraction of sp³-hybridized carbons (Fsp3) is 0.357. The summed E-state index contributed by atoms with van der Waals surface area (Å²) in [6.07, 6.45) is 1.82. The maximum atomic E-state index is 11.6. The highest BCUT2D eigenvalue weighted by atomic mass is 16.6. The smallest absolute Gasteiger partial charge is 0.333 e. The fourth-order valence-electron chi connectivity index (χ4n) is 2.16. The van der Waals surface area contributed by atoms with Crippen LogP contribution in [0.25, 0.3) is 0 Å². The number of carbonyl (C=O) groups is 1. The van der Waals surface area contributed by atoms with Gasteiger partial charge in [-0.3, -0.25) is 0 Å². The predicted molar refractivity (Wildman–Crippen MR) is 63.0 cm³/mol. The summed E-state index contributed by atoms with van der Waals surface area (Å²) in [5, 5.41) is 0. The molecule has 0 aromatic heterocycles. The van der Waals surface area contributed by atoms with Crippen molar-refractivity contribution in [3.63, 3.8) is 0 Å². The Hall–Kier alpha value is -1.57. The third-order valence-corrected chi connectivity index (χ3v) is 3.12. The molecule has 16 heavy (non-hydrogen) atoms. The van der Waals surface area contributed by atoms with Gasteiger partial charge in [0, 0.05) is 5.57 Å². The second-order valence-corrected chi connectivity index (χ2v) is 4.56. The number of fused-ring (bicyclic) bond motifs is 1. The molecule has 1 aliphatic rings. The maximum Gasteiger partial charge on any atom is 0.333 e. The Morgan fingerprint density at radius 1 is 1.44 bits per heavy atom. The van der Waals surface area contributed by atoms with Crippen molar-refractivity contribution in [3.05, 3.63) is 47.5 Å². The summed E-state index contributed by atoms with van der Waals surface area (Å²) in [4.78, 5) is 11.6. The van der Waals surface area contributed by atoms with E-state index in [0.717, 1.165) is 18.4 Å². The van der Waals surface area contributed by atoms with Crippen LogP contribution in [0.1, 0.15) is 31.4 Å². The van der Waals surface area contributed by atoms with Crippen LogP contribution < -0.4 is 0 Å². The molecule has 0 saturated carbocycles. The van der Waals surface area contributed by atoms with Crippen molar-refractivity contribution in [3.8, 4) is 0 Å². The lowest BCUT2D eigenvalue weighted by Gasteiger charge is -2.25. The first kappa shape index (κ1) is 10.9.